The number of rotatable bonds is 6. The maximum atomic E-state index is 12.1. The molecule has 2 aliphatic rings. The van der Waals surface area contributed by atoms with E-state index in [-0.39, 0.29) is 11.9 Å². The summed E-state index contributed by atoms with van der Waals surface area (Å²) >= 11 is 0. The fraction of sp³-hybridized carbons (Fsp3) is 0.929. The van der Waals surface area contributed by atoms with Gasteiger partial charge in [0.1, 0.15) is 0 Å². The fourth-order valence-electron chi connectivity index (χ4n) is 3.38. The molecule has 17 heavy (non-hydrogen) atoms. The second-order valence-electron chi connectivity index (χ2n) is 5.72. The second-order valence-corrected chi connectivity index (χ2v) is 5.72. The molecule has 3 atom stereocenters. The Labute approximate surface area is 105 Å². The second kappa shape index (κ2) is 5.85. The molecule has 0 radical (unpaired) electrons. The first-order valence-corrected chi connectivity index (χ1v) is 7.28. The maximum absolute atomic E-state index is 12.1. The number of hydrogen-bond donors (Lipinski definition) is 2. The lowest BCUT2D eigenvalue weighted by Gasteiger charge is -2.16. The molecule has 3 nitrogen and oxygen atoms in total. The van der Waals surface area contributed by atoms with Crippen molar-refractivity contribution in [3.8, 4) is 0 Å². The lowest BCUT2D eigenvalue weighted by Crippen LogP contribution is -2.41. The number of unbranched alkanes of at least 4 members (excludes halogenated alkanes) is 1. The van der Waals surface area contributed by atoms with Gasteiger partial charge in [0.25, 0.3) is 0 Å². The van der Waals surface area contributed by atoms with E-state index < -0.39 is 0 Å². The molecular weight excluding hydrogens is 212 g/mol. The smallest absolute Gasteiger partial charge is 0.223 e. The van der Waals surface area contributed by atoms with Crippen LogP contribution in [0.3, 0.4) is 0 Å². The average molecular weight is 238 g/mol. The van der Waals surface area contributed by atoms with Crippen molar-refractivity contribution in [3.05, 3.63) is 0 Å². The van der Waals surface area contributed by atoms with E-state index in [1.54, 1.807) is 0 Å². The van der Waals surface area contributed by atoms with Crippen molar-refractivity contribution in [1.29, 1.82) is 0 Å². The van der Waals surface area contributed by atoms with Crippen molar-refractivity contribution in [2.45, 2.75) is 57.9 Å². The molecule has 3 unspecified atom stereocenters. The van der Waals surface area contributed by atoms with E-state index in [1.807, 2.05) is 0 Å². The Bertz CT molecular complexity index is 255. The SMILES string of the molecule is CCCCC(CN)NC(=O)C1C2CCCCC21. The summed E-state index contributed by atoms with van der Waals surface area (Å²) in [4.78, 5) is 12.1. The topological polar surface area (TPSA) is 55.1 Å². The first-order valence-electron chi connectivity index (χ1n) is 7.28. The van der Waals surface area contributed by atoms with Crippen LogP contribution in [0.1, 0.15) is 51.9 Å². The van der Waals surface area contributed by atoms with Crippen LogP contribution in [0, 0.1) is 17.8 Å². The molecule has 98 valence electrons. The normalized spacial score (nSPS) is 32.7. The quantitative estimate of drug-likeness (QED) is 0.744. The van der Waals surface area contributed by atoms with E-state index in [4.69, 9.17) is 5.73 Å². The highest BCUT2D eigenvalue weighted by atomic mass is 16.2. The van der Waals surface area contributed by atoms with Crippen LogP contribution < -0.4 is 11.1 Å². The third-order valence-corrected chi connectivity index (χ3v) is 4.50. The average Bonchev–Trinajstić information content (AvgIpc) is 3.08. The predicted molar refractivity (Wildman–Crippen MR) is 69.4 cm³/mol. The number of nitrogens with one attached hydrogen (secondary N) is 1. The van der Waals surface area contributed by atoms with Crippen LogP contribution in [0.2, 0.25) is 0 Å². The van der Waals surface area contributed by atoms with Gasteiger partial charge in [-0.3, -0.25) is 4.79 Å². The van der Waals surface area contributed by atoms with Gasteiger partial charge in [0.05, 0.1) is 0 Å². The molecule has 2 aliphatic carbocycles. The zero-order valence-corrected chi connectivity index (χ0v) is 11.0. The first kappa shape index (κ1) is 12.9. The van der Waals surface area contributed by atoms with E-state index in [0.717, 1.165) is 12.8 Å². The maximum Gasteiger partial charge on any atom is 0.223 e. The summed E-state index contributed by atoms with van der Waals surface area (Å²) in [6.45, 7) is 2.75. The van der Waals surface area contributed by atoms with Gasteiger partial charge in [-0.2, -0.15) is 0 Å². The van der Waals surface area contributed by atoms with Crippen LogP contribution in [0.25, 0.3) is 0 Å². The third kappa shape index (κ3) is 3.01. The number of hydrogen-bond acceptors (Lipinski definition) is 2. The van der Waals surface area contributed by atoms with Crippen molar-refractivity contribution in [2.24, 2.45) is 23.5 Å². The lowest BCUT2D eigenvalue weighted by molar-refractivity contribution is -0.123. The molecule has 2 saturated carbocycles. The van der Waals surface area contributed by atoms with Crippen molar-refractivity contribution in [2.75, 3.05) is 6.54 Å². The van der Waals surface area contributed by atoms with Gasteiger partial charge in [-0.15, -0.1) is 0 Å². The van der Waals surface area contributed by atoms with Crippen molar-refractivity contribution in [1.82, 2.24) is 5.32 Å². The molecule has 3 heteroatoms. The van der Waals surface area contributed by atoms with Crippen LogP contribution in [0.5, 0.6) is 0 Å². The van der Waals surface area contributed by atoms with Gasteiger partial charge in [-0.05, 0) is 31.1 Å². The summed E-state index contributed by atoms with van der Waals surface area (Å²) < 4.78 is 0. The molecular formula is C14H26N2O. The molecule has 0 heterocycles. The van der Waals surface area contributed by atoms with E-state index in [9.17, 15) is 4.79 Å². The van der Waals surface area contributed by atoms with Crippen molar-refractivity contribution < 1.29 is 4.79 Å². The first-order chi connectivity index (χ1) is 8.27. The third-order valence-electron chi connectivity index (χ3n) is 4.50. The molecule has 1 amide bonds. The van der Waals surface area contributed by atoms with Gasteiger partial charge < -0.3 is 11.1 Å². The Morgan fingerprint density at radius 3 is 2.53 bits per heavy atom. The van der Waals surface area contributed by atoms with Crippen LogP contribution in [-0.2, 0) is 4.79 Å². The Hall–Kier alpha value is -0.570. The molecule has 3 N–H and O–H groups in total. The fourth-order valence-corrected chi connectivity index (χ4v) is 3.38. The Morgan fingerprint density at radius 2 is 2.00 bits per heavy atom. The monoisotopic (exact) mass is 238 g/mol. The van der Waals surface area contributed by atoms with Gasteiger partial charge in [0.15, 0.2) is 0 Å². The number of amides is 1. The zero-order valence-electron chi connectivity index (χ0n) is 11.0. The summed E-state index contributed by atoms with van der Waals surface area (Å²) in [6.07, 6.45) is 8.53. The molecule has 0 aromatic heterocycles. The number of carbonyl (C=O) groups excluding carboxylic acids is 1. The summed E-state index contributed by atoms with van der Waals surface area (Å²) in [6, 6.07) is 0.199. The lowest BCUT2D eigenvalue weighted by atomic mass is 10.0. The van der Waals surface area contributed by atoms with Gasteiger partial charge in [0.2, 0.25) is 5.91 Å². The highest BCUT2D eigenvalue weighted by molar-refractivity contribution is 5.82. The molecule has 2 fully saturated rings. The molecule has 0 aromatic rings. The Balaban J connectivity index is 1.76. The number of fused-ring (bicyclic) bond motifs is 1. The van der Waals surface area contributed by atoms with E-state index in [0.29, 0.717) is 24.3 Å². The van der Waals surface area contributed by atoms with Crippen LogP contribution in [0.4, 0.5) is 0 Å². The molecule has 0 saturated heterocycles. The van der Waals surface area contributed by atoms with Gasteiger partial charge in [0, 0.05) is 18.5 Å². The Kier molecular flexibility index (Phi) is 4.43. The molecule has 0 aliphatic heterocycles. The number of nitrogens with two attached hydrogens (primary N) is 1. The number of carbonyl (C=O) groups is 1. The van der Waals surface area contributed by atoms with Crippen molar-refractivity contribution in [3.63, 3.8) is 0 Å². The zero-order chi connectivity index (χ0) is 12.3. The minimum absolute atomic E-state index is 0.199. The molecule has 0 spiro atoms. The minimum atomic E-state index is 0.199. The molecule has 2 rings (SSSR count). The summed E-state index contributed by atoms with van der Waals surface area (Å²) in [7, 11) is 0. The van der Waals surface area contributed by atoms with E-state index >= 15 is 0 Å². The van der Waals surface area contributed by atoms with Gasteiger partial charge in [-0.1, -0.05) is 32.6 Å². The Morgan fingerprint density at radius 1 is 1.35 bits per heavy atom. The standard InChI is InChI=1S/C14H26N2O/c1-2-3-6-10(9-15)16-14(17)13-11-7-4-5-8-12(11)13/h10-13H,2-9,15H2,1H3,(H,16,17). The summed E-state index contributed by atoms with van der Waals surface area (Å²) in [5.74, 6) is 2.02. The van der Waals surface area contributed by atoms with E-state index in [1.165, 1.54) is 32.1 Å². The van der Waals surface area contributed by atoms with Crippen LogP contribution >= 0.6 is 0 Å². The van der Waals surface area contributed by atoms with Crippen LogP contribution in [0.15, 0.2) is 0 Å². The largest absolute Gasteiger partial charge is 0.352 e. The summed E-state index contributed by atoms with van der Waals surface area (Å²) in [5, 5.41) is 3.16. The highest BCUT2D eigenvalue weighted by Gasteiger charge is 2.54. The highest BCUT2D eigenvalue weighted by Crippen LogP contribution is 2.55. The van der Waals surface area contributed by atoms with Crippen molar-refractivity contribution >= 4 is 5.91 Å². The van der Waals surface area contributed by atoms with Gasteiger partial charge >= 0.3 is 0 Å². The molecule has 0 bridgehead atoms. The predicted octanol–water partition coefficient (Wildman–Crippen LogP) is 2.06. The van der Waals surface area contributed by atoms with E-state index in [2.05, 4.69) is 12.2 Å². The summed E-state index contributed by atoms with van der Waals surface area (Å²) in [5.41, 5.74) is 5.71. The van der Waals surface area contributed by atoms with Gasteiger partial charge in [-0.25, -0.2) is 0 Å². The van der Waals surface area contributed by atoms with Crippen LogP contribution in [-0.4, -0.2) is 18.5 Å². The minimum Gasteiger partial charge on any atom is -0.352 e. The molecule has 0 aromatic carbocycles.